The van der Waals surface area contributed by atoms with Gasteiger partial charge >= 0.3 is 6.61 Å². The first-order valence-electron chi connectivity index (χ1n) is 6.74. The number of rotatable bonds is 5. The van der Waals surface area contributed by atoms with Crippen molar-refractivity contribution >= 4 is 5.91 Å². The minimum Gasteiger partial charge on any atom is -0.435 e. The number of nitrogens with one attached hydrogen (secondary N) is 1. The zero-order valence-corrected chi connectivity index (χ0v) is 12.2. The molecule has 2 aromatic rings. The van der Waals surface area contributed by atoms with Crippen molar-refractivity contribution in [1.82, 2.24) is 10.3 Å². The van der Waals surface area contributed by atoms with Crippen LogP contribution in [0.1, 0.15) is 34.6 Å². The van der Waals surface area contributed by atoms with Gasteiger partial charge in [-0.25, -0.2) is 0 Å². The number of hydrogen-bond acceptors (Lipinski definition) is 3. The van der Waals surface area contributed by atoms with Gasteiger partial charge in [0, 0.05) is 11.9 Å². The number of benzene rings is 1. The minimum absolute atomic E-state index is 0.0833. The highest BCUT2D eigenvalue weighted by molar-refractivity contribution is 5.94. The molecule has 6 heteroatoms. The van der Waals surface area contributed by atoms with Gasteiger partial charge in [0.05, 0.1) is 11.6 Å². The fourth-order valence-corrected chi connectivity index (χ4v) is 1.90. The summed E-state index contributed by atoms with van der Waals surface area (Å²) in [4.78, 5) is 16.1. The Bertz CT molecular complexity index is 628. The summed E-state index contributed by atoms with van der Waals surface area (Å²) in [5.74, 6) is -0.159. The summed E-state index contributed by atoms with van der Waals surface area (Å²) in [5, 5.41) is 2.82. The predicted molar refractivity (Wildman–Crippen MR) is 77.9 cm³/mol. The Kier molecular flexibility index (Phi) is 5.04. The van der Waals surface area contributed by atoms with Crippen LogP contribution in [-0.4, -0.2) is 17.5 Å². The molecular weight excluding hydrogens is 290 g/mol. The summed E-state index contributed by atoms with van der Waals surface area (Å²) in [7, 11) is 0. The van der Waals surface area contributed by atoms with E-state index in [1.165, 1.54) is 18.3 Å². The molecule has 0 saturated carbocycles. The maximum absolute atomic E-state index is 12.1. The lowest BCUT2D eigenvalue weighted by Gasteiger charge is -2.15. The predicted octanol–water partition coefficient (Wildman–Crippen LogP) is 3.48. The second-order valence-corrected chi connectivity index (χ2v) is 4.83. The van der Waals surface area contributed by atoms with Crippen LogP contribution in [0.2, 0.25) is 0 Å². The number of alkyl halides is 2. The van der Waals surface area contributed by atoms with E-state index in [0.29, 0.717) is 5.56 Å². The number of amides is 1. The number of halogens is 2. The first-order chi connectivity index (χ1) is 10.5. The molecule has 1 N–H and O–H groups in total. The van der Waals surface area contributed by atoms with Crippen LogP contribution in [0.3, 0.4) is 0 Å². The molecule has 0 aliphatic heterocycles. The van der Waals surface area contributed by atoms with E-state index < -0.39 is 6.61 Å². The van der Waals surface area contributed by atoms with E-state index in [1.54, 1.807) is 24.3 Å². The van der Waals surface area contributed by atoms with Crippen LogP contribution in [-0.2, 0) is 0 Å². The van der Waals surface area contributed by atoms with E-state index >= 15 is 0 Å². The summed E-state index contributed by atoms with van der Waals surface area (Å²) >= 11 is 0. The standard InChI is InChI=1S/C16H16F2N2O2/c1-10-3-4-13(9-19-10)15(21)20-11(2)12-5-7-14(8-6-12)22-16(17)18/h3-9,11,16H,1-2H3,(H,20,21)/t11-/m1/s1. The number of carbonyl (C=O) groups is 1. The first kappa shape index (κ1) is 15.9. The fourth-order valence-electron chi connectivity index (χ4n) is 1.90. The minimum atomic E-state index is -2.85. The molecule has 0 radical (unpaired) electrons. The molecule has 1 aromatic carbocycles. The van der Waals surface area contributed by atoms with Gasteiger partial charge in [0.1, 0.15) is 5.75 Å². The Hall–Kier alpha value is -2.50. The zero-order chi connectivity index (χ0) is 16.1. The third-order valence-corrected chi connectivity index (χ3v) is 3.13. The molecule has 116 valence electrons. The summed E-state index contributed by atoms with van der Waals surface area (Å²) in [6.45, 7) is 0.799. The van der Waals surface area contributed by atoms with E-state index in [0.717, 1.165) is 11.3 Å². The van der Waals surface area contributed by atoms with Crippen LogP contribution in [0.15, 0.2) is 42.6 Å². The van der Waals surface area contributed by atoms with Gasteiger partial charge in [-0.05, 0) is 43.7 Å². The van der Waals surface area contributed by atoms with Crippen molar-refractivity contribution in [2.45, 2.75) is 26.5 Å². The molecule has 1 amide bonds. The highest BCUT2D eigenvalue weighted by Crippen LogP contribution is 2.19. The van der Waals surface area contributed by atoms with E-state index in [1.807, 2.05) is 13.8 Å². The maximum atomic E-state index is 12.1. The molecule has 0 aliphatic rings. The molecule has 0 saturated heterocycles. The summed E-state index contributed by atoms with van der Waals surface area (Å²) in [5.41, 5.74) is 2.09. The molecule has 22 heavy (non-hydrogen) atoms. The van der Waals surface area contributed by atoms with Crippen LogP contribution in [0.4, 0.5) is 8.78 Å². The topological polar surface area (TPSA) is 51.2 Å². The molecule has 0 bridgehead atoms. The van der Waals surface area contributed by atoms with Crippen molar-refractivity contribution in [2.75, 3.05) is 0 Å². The van der Waals surface area contributed by atoms with E-state index in [9.17, 15) is 13.6 Å². The van der Waals surface area contributed by atoms with Gasteiger partial charge in [0.15, 0.2) is 0 Å². The Morgan fingerprint density at radius 2 is 1.86 bits per heavy atom. The van der Waals surface area contributed by atoms with E-state index in [2.05, 4.69) is 15.0 Å². The average molecular weight is 306 g/mol. The maximum Gasteiger partial charge on any atom is 0.387 e. The molecule has 0 fully saturated rings. The Labute approximate surface area is 127 Å². The van der Waals surface area contributed by atoms with Gasteiger partial charge in [-0.1, -0.05) is 12.1 Å². The molecular formula is C16H16F2N2O2. The summed E-state index contributed by atoms with van der Waals surface area (Å²) in [6, 6.07) is 9.34. The quantitative estimate of drug-likeness (QED) is 0.920. The molecule has 0 spiro atoms. The summed E-state index contributed by atoms with van der Waals surface area (Å²) < 4.78 is 28.4. The fraction of sp³-hybridized carbons (Fsp3) is 0.250. The van der Waals surface area contributed by atoms with Crippen molar-refractivity contribution in [2.24, 2.45) is 0 Å². The van der Waals surface area contributed by atoms with Crippen molar-refractivity contribution in [3.63, 3.8) is 0 Å². The van der Waals surface area contributed by atoms with Crippen LogP contribution in [0, 0.1) is 6.92 Å². The second kappa shape index (κ2) is 6.98. The van der Waals surface area contributed by atoms with Crippen LogP contribution >= 0.6 is 0 Å². The Morgan fingerprint density at radius 1 is 1.18 bits per heavy atom. The number of carbonyl (C=O) groups excluding carboxylic acids is 1. The zero-order valence-electron chi connectivity index (χ0n) is 12.2. The molecule has 1 aromatic heterocycles. The molecule has 4 nitrogen and oxygen atoms in total. The van der Waals surface area contributed by atoms with E-state index in [-0.39, 0.29) is 17.7 Å². The monoisotopic (exact) mass is 306 g/mol. The van der Waals surface area contributed by atoms with E-state index in [4.69, 9.17) is 0 Å². The number of aromatic nitrogens is 1. The number of pyridine rings is 1. The number of hydrogen-bond donors (Lipinski definition) is 1. The SMILES string of the molecule is Cc1ccc(C(=O)N[C@H](C)c2ccc(OC(F)F)cc2)cn1. The third-order valence-electron chi connectivity index (χ3n) is 3.13. The Balaban J connectivity index is 2.00. The normalized spacial score (nSPS) is 12.0. The van der Waals surface area contributed by atoms with Gasteiger partial charge in [-0.15, -0.1) is 0 Å². The van der Waals surface area contributed by atoms with Crippen molar-refractivity contribution in [3.8, 4) is 5.75 Å². The summed E-state index contributed by atoms with van der Waals surface area (Å²) in [6.07, 6.45) is 1.51. The number of nitrogens with zero attached hydrogens (tertiary/aromatic N) is 1. The van der Waals surface area contributed by atoms with Gasteiger partial charge in [-0.3, -0.25) is 9.78 Å². The van der Waals surface area contributed by atoms with Gasteiger partial charge < -0.3 is 10.1 Å². The van der Waals surface area contributed by atoms with Gasteiger partial charge in [0.2, 0.25) is 0 Å². The van der Waals surface area contributed by atoms with Crippen molar-refractivity contribution in [1.29, 1.82) is 0 Å². The third kappa shape index (κ3) is 4.25. The van der Waals surface area contributed by atoms with Crippen LogP contribution < -0.4 is 10.1 Å². The van der Waals surface area contributed by atoms with Crippen LogP contribution in [0.5, 0.6) is 5.75 Å². The van der Waals surface area contributed by atoms with Crippen molar-refractivity contribution < 1.29 is 18.3 Å². The molecule has 2 rings (SSSR count). The highest BCUT2D eigenvalue weighted by atomic mass is 19.3. The highest BCUT2D eigenvalue weighted by Gasteiger charge is 2.12. The average Bonchev–Trinajstić information content (AvgIpc) is 2.48. The van der Waals surface area contributed by atoms with Gasteiger partial charge in [-0.2, -0.15) is 8.78 Å². The molecule has 0 aliphatic carbocycles. The number of aryl methyl sites for hydroxylation is 1. The molecule has 1 heterocycles. The molecule has 1 atom stereocenters. The largest absolute Gasteiger partial charge is 0.435 e. The lowest BCUT2D eigenvalue weighted by Crippen LogP contribution is -2.26. The Morgan fingerprint density at radius 3 is 2.41 bits per heavy atom. The number of ether oxygens (including phenoxy) is 1. The first-order valence-corrected chi connectivity index (χ1v) is 6.74. The lowest BCUT2D eigenvalue weighted by atomic mass is 10.1. The second-order valence-electron chi connectivity index (χ2n) is 4.83. The van der Waals surface area contributed by atoms with Gasteiger partial charge in [0.25, 0.3) is 5.91 Å². The lowest BCUT2D eigenvalue weighted by molar-refractivity contribution is -0.0498. The molecule has 0 unspecified atom stereocenters. The smallest absolute Gasteiger partial charge is 0.387 e. The van der Waals surface area contributed by atoms with Crippen LogP contribution in [0.25, 0.3) is 0 Å². The van der Waals surface area contributed by atoms with Crippen molar-refractivity contribution in [3.05, 3.63) is 59.4 Å².